The summed E-state index contributed by atoms with van der Waals surface area (Å²) in [6.45, 7) is 5.16. The summed E-state index contributed by atoms with van der Waals surface area (Å²) >= 11 is 6.72. The number of unbranched alkanes of at least 4 members (excludes halogenated alkanes) is 1. The largest absolute Gasteiger partial charge is 0.467 e. The zero-order valence-electron chi connectivity index (χ0n) is 16.0. The minimum absolute atomic E-state index is 0.0625. The number of carbonyl (C=O) groups excluding carboxylic acids is 1. The van der Waals surface area contributed by atoms with E-state index in [0.717, 1.165) is 36.3 Å². The fourth-order valence-electron chi connectivity index (χ4n) is 3.59. The number of hydrogen-bond acceptors (Lipinski definition) is 4. The monoisotopic (exact) mass is 398 g/mol. The number of aromatic nitrogens is 2. The van der Waals surface area contributed by atoms with Gasteiger partial charge in [-0.05, 0) is 37.6 Å². The highest BCUT2D eigenvalue weighted by atomic mass is 35.5. The van der Waals surface area contributed by atoms with Crippen molar-refractivity contribution >= 4 is 23.2 Å². The molecule has 0 bridgehead atoms. The molecule has 1 N–H and O–H groups in total. The van der Waals surface area contributed by atoms with Crippen LogP contribution in [0.5, 0.6) is 0 Å². The highest BCUT2D eigenvalue weighted by Gasteiger charge is 2.36. The van der Waals surface area contributed by atoms with E-state index in [1.54, 1.807) is 11.2 Å². The Hall–Kier alpha value is -2.73. The van der Waals surface area contributed by atoms with Crippen LogP contribution in [-0.2, 0) is 13.1 Å². The van der Waals surface area contributed by atoms with E-state index in [9.17, 15) is 4.79 Å². The predicted molar refractivity (Wildman–Crippen MR) is 108 cm³/mol. The molecule has 0 fully saturated rings. The molecule has 28 heavy (non-hydrogen) atoms. The maximum atomic E-state index is 13.3. The van der Waals surface area contributed by atoms with Crippen LogP contribution >= 0.6 is 11.6 Å². The van der Waals surface area contributed by atoms with Gasteiger partial charge in [0.2, 0.25) is 0 Å². The fraction of sp³-hybridized carbons (Fsp3) is 0.333. The van der Waals surface area contributed by atoms with E-state index in [-0.39, 0.29) is 5.91 Å². The fourth-order valence-corrected chi connectivity index (χ4v) is 3.95. The molecule has 0 unspecified atom stereocenters. The molecule has 146 valence electrons. The van der Waals surface area contributed by atoms with Crippen molar-refractivity contribution in [1.29, 1.82) is 0 Å². The Labute approximate surface area is 169 Å². The minimum atomic E-state index is -0.421. The van der Waals surface area contributed by atoms with Crippen LogP contribution in [0.25, 0.3) is 0 Å². The molecule has 3 aromatic rings. The second kappa shape index (κ2) is 7.72. The topological polar surface area (TPSA) is 63.3 Å². The van der Waals surface area contributed by atoms with E-state index in [4.69, 9.17) is 16.0 Å². The van der Waals surface area contributed by atoms with Crippen LogP contribution in [0.15, 0.2) is 47.1 Å². The first-order valence-corrected chi connectivity index (χ1v) is 9.89. The lowest BCUT2D eigenvalue weighted by molar-refractivity contribution is 0.0651. The van der Waals surface area contributed by atoms with E-state index in [0.29, 0.717) is 23.0 Å². The average molecular weight is 399 g/mol. The Balaban J connectivity index is 1.77. The number of aryl methyl sites for hydroxylation is 2. The highest BCUT2D eigenvalue weighted by molar-refractivity contribution is 6.30. The third-order valence-electron chi connectivity index (χ3n) is 5.03. The second-order valence-corrected chi connectivity index (χ2v) is 7.33. The van der Waals surface area contributed by atoms with Crippen LogP contribution in [0.4, 0.5) is 5.69 Å². The first-order valence-electron chi connectivity index (χ1n) is 9.52. The van der Waals surface area contributed by atoms with Gasteiger partial charge in [0.1, 0.15) is 17.1 Å². The molecule has 0 aliphatic carbocycles. The molecule has 0 saturated heterocycles. The average Bonchev–Trinajstić information content (AvgIpc) is 3.30. The summed E-state index contributed by atoms with van der Waals surface area (Å²) in [7, 11) is 0. The quantitative estimate of drug-likeness (QED) is 0.634. The van der Waals surface area contributed by atoms with E-state index >= 15 is 0 Å². The molecule has 7 heteroatoms. The van der Waals surface area contributed by atoms with Crippen LogP contribution in [-0.4, -0.2) is 20.6 Å². The normalized spacial score (nSPS) is 16.2. The van der Waals surface area contributed by atoms with Crippen LogP contribution in [0.3, 0.4) is 0 Å². The summed E-state index contributed by atoms with van der Waals surface area (Å²) < 4.78 is 7.33. The maximum absolute atomic E-state index is 13.3. The van der Waals surface area contributed by atoms with Crippen molar-refractivity contribution in [3.05, 3.63) is 70.4 Å². The SMILES string of the molecule is CCCCn1nc(C)c([C@H]2Nc3ccccc3C(=O)N2Cc2ccco2)c1Cl. The van der Waals surface area contributed by atoms with Gasteiger partial charge >= 0.3 is 0 Å². The molecule has 0 saturated carbocycles. The number of benzene rings is 1. The summed E-state index contributed by atoms with van der Waals surface area (Å²) in [5.74, 6) is 0.652. The first-order chi connectivity index (χ1) is 13.6. The van der Waals surface area contributed by atoms with Gasteiger partial charge in [-0.1, -0.05) is 37.1 Å². The minimum Gasteiger partial charge on any atom is -0.467 e. The van der Waals surface area contributed by atoms with Gasteiger partial charge in [-0.15, -0.1) is 0 Å². The Morgan fingerprint density at radius 1 is 1.25 bits per heavy atom. The van der Waals surface area contributed by atoms with Crippen LogP contribution < -0.4 is 5.32 Å². The Bertz CT molecular complexity index is 980. The highest BCUT2D eigenvalue weighted by Crippen LogP contribution is 2.38. The molecule has 3 heterocycles. The third kappa shape index (κ3) is 3.29. The third-order valence-corrected chi connectivity index (χ3v) is 5.43. The molecule has 0 spiro atoms. The van der Waals surface area contributed by atoms with Crippen LogP contribution in [0, 0.1) is 6.92 Å². The van der Waals surface area contributed by atoms with Crippen molar-refractivity contribution in [2.45, 2.75) is 45.9 Å². The Morgan fingerprint density at radius 2 is 2.07 bits per heavy atom. The molecule has 6 nitrogen and oxygen atoms in total. The molecule has 2 aromatic heterocycles. The number of hydrogen-bond donors (Lipinski definition) is 1. The smallest absolute Gasteiger partial charge is 0.258 e. The predicted octanol–water partition coefficient (Wildman–Crippen LogP) is 5.00. The van der Waals surface area contributed by atoms with E-state index in [1.165, 1.54) is 0 Å². The van der Waals surface area contributed by atoms with Crippen molar-refractivity contribution in [3.8, 4) is 0 Å². The molecule has 1 aromatic carbocycles. The van der Waals surface area contributed by atoms with Crippen molar-refractivity contribution in [2.75, 3.05) is 5.32 Å². The van der Waals surface area contributed by atoms with E-state index in [2.05, 4.69) is 17.3 Å². The molecular formula is C21H23ClN4O2. The summed E-state index contributed by atoms with van der Waals surface area (Å²) in [6.07, 6.45) is 3.25. The lowest BCUT2D eigenvalue weighted by atomic mass is 10.0. The maximum Gasteiger partial charge on any atom is 0.258 e. The summed E-state index contributed by atoms with van der Waals surface area (Å²) in [6, 6.07) is 11.2. The number of nitrogens with zero attached hydrogens (tertiary/aromatic N) is 3. The Kier molecular flexibility index (Phi) is 5.13. The molecule has 4 rings (SSSR count). The number of rotatable bonds is 6. The zero-order chi connectivity index (χ0) is 19.7. The standard InChI is InChI=1S/C21H23ClN4O2/c1-3-4-11-26-19(22)18(14(2)24-26)20-23-17-10-6-5-9-16(17)21(27)25(20)13-15-8-7-12-28-15/h5-10,12,20,23H,3-4,11,13H2,1-2H3/t20-/m0/s1. The molecule has 1 aliphatic rings. The van der Waals surface area contributed by atoms with Crippen molar-refractivity contribution in [1.82, 2.24) is 14.7 Å². The lowest BCUT2D eigenvalue weighted by Crippen LogP contribution is -2.42. The first kappa shape index (κ1) is 18.6. The van der Waals surface area contributed by atoms with Gasteiger partial charge < -0.3 is 14.6 Å². The zero-order valence-corrected chi connectivity index (χ0v) is 16.7. The number of fused-ring (bicyclic) bond motifs is 1. The number of halogens is 1. The van der Waals surface area contributed by atoms with Gasteiger partial charge in [-0.25, -0.2) is 0 Å². The van der Waals surface area contributed by atoms with Crippen LogP contribution in [0.1, 0.15) is 53.3 Å². The van der Waals surface area contributed by atoms with Gasteiger partial charge in [-0.2, -0.15) is 5.10 Å². The van der Waals surface area contributed by atoms with Gasteiger partial charge in [0.15, 0.2) is 0 Å². The molecule has 1 atom stereocenters. The molecular weight excluding hydrogens is 376 g/mol. The van der Waals surface area contributed by atoms with Gasteiger partial charge in [0.05, 0.1) is 29.6 Å². The molecule has 1 aliphatic heterocycles. The number of furan rings is 1. The van der Waals surface area contributed by atoms with Gasteiger partial charge in [0.25, 0.3) is 5.91 Å². The van der Waals surface area contributed by atoms with Gasteiger partial charge in [-0.3, -0.25) is 9.48 Å². The van der Waals surface area contributed by atoms with E-state index in [1.807, 2.05) is 48.0 Å². The molecule has 0 radical (unpaired) electrons. The van der Waals surface area contributed by atoms with Gasteiger partial charge in [0, 0.05) is 12.2 Å². The summed E-state index contributed by atoms with van der Waals surface area (Å²) in [5, 5.41) is 8.67. The van der Waals surface area contributed by atoms with Crippen molar-refractivity contribution in [3.63, 3.8) is 0 Å². The second-order valence-electron chi connectivity index (χ2n) is 6.97. The lowest BCUT2D eigenvalue weighted by Gasteiger charge is -2.37. The number of nitrogens with one attached hydrogen (secondary N) is 1. The number of anilines is 1. The summed E-state index contributed by atoms with van der Waals surface area (Å²) in [5.41, 5.74) is 3.07. The van der Waals surface area contributed by atoms with Crippen LogP contribution in [0.2, 0.25) is 5.15 Å². The Morgan fingerprint density at radius 3 is 2.82 bits per heavy atom. The number of para-hydroxylation sites is 1. The number of carbonyl (C=O) groups is 1. The number of amides is 1. The van der Waals surface area contributed by atoms with Crippen molar-refractivity contribution < 1.29 is 9.21 Å². The molecule has 1 amide bonds. The van der Waals surface area contributed by atoms with E-state index < -0.39 is 6.17 Å². The summed E-state index contributed by atoms with van der Waals surface area (Å²) in [4.78, 5) is 15.1. The van der Waals surface area contributed by atoms with Crippen molar-refractivity contribution in [2.24, 2.45) is 0 Å².